The van der Waals surface area contributed by atoms with Gasteiger partial charge in [0.05, 0.1) is 11.2 Å². The summed E-state index contributed by atoms with van der Waals surface area (Å²) in [6, 6.07) is 16.4. The van der Waals surface area contributed by atoms with Crippen LogP contribution in [-0.2, 0) is 14.3 Å². The Balaban J connectivity index is 1.16. The highest BCUT2D eigenvalue weighted by Crippen LogP contribution is 2.73. The Kier molecular flexibility index (Phi) is 6.49. The third-order valence-electron chi connectivity index (χ3n) is 7.91. The molecule has 2 aromatic carbocycles. The van der Waals surface area contributed by atoms with Crippen molar-refractivity contribution in [3.05, 3.63) is 59.7 Å². The zero-order valence-corrected chi connectivity index (χ0v) is 20.4. The van der Waals surface area contributed by atoms with Crippen LogP contribution in [0.4, 0.5) is 4.79 Å². The predicted octanol–water partition coefficient (Wildman–Crippen LogP) is 4.02. The number of carboxylic acid groups (broad SMARTS) is 1. The van der Waals surface area contributed by atoms with Gasteiger partial charge in [0.15, 0.2) is 0 Å². The largest absolute Gasteiger partial charge is 0.481 e. The van der Waals surface area contributed by atoms with E-state index in [-0.39, 0.29) is 36.1 Å². The number of amides is 2. The molecule has 7 nitrogen and oxygen atoms in total. The first-order valence-electron chi connectivity index (χ1n) is 12.1. The number of nitrogens with one attached hydrogen (secondary N) is 2. The molecule has 1 spiro atoms. The van der Waals surface area contributed by atoms with Crippen LogP contribution in [0.25, 0.3) is 11.1 Å². The highest BCUT2D eigenvalue weighted by Gasteiger charge is 2.73. The summed E-state index contributed by atoms with van der Waals surface area (Å²) in [6.07, 6.45) is 3.38. The van der Waals surface area contributed by atoms with Gasteiger partial charge < -0.3 is 20.5 Å². The summed E-state index contributed by atoms with van der Waals surface area (Å²) in [4.78, 5) is 36.4. The Morgan fingerprint density at radius 3 is 2.23 bits per heavy atom. The van der Waals surface area contributed by atoms with E-state index >= 15 is 0 Å². The van der Waals surface area contributed by atoms with Crippen molar-refractivity contribution in [1.29, 1.82) is 0 Å². The fourth-order valence-corrected chi connectivity index (χ4v) is 6.45. The van der Waals surface area contributed by atoms with Crippen molar-refractivity contribution >= 4 is 29.7 Å². The van der Waals surface area contributed by atoms with E-state index in [1.807, 2.05) is 24.3 Å². The number of carboxylic acids is 1. The minimum Gasteiger partial charge on any atom is -0.481 e. The zero-order valence-electron chi connectivity index (χ0n) is 19.5. The number of carbonyl (C=O) groups excluding carboxylic acids is 2. The van der Waals surface area contributed by atoms with Crippen molar-refractivity contribution < 1.29 is 24.2 Å². The third kappa shape index (κ3) is 4.40. The second-order valence-corrected chi connectivity index (χ2v) is 10.9. The first-order chi connectivity index (χ1) is 17.0. The molecule has 0 aliphatic heterocycles. The van der Waals surface area contributed by atoms with E-state index in [4.69, 9.17) is 9.84 Å². The zero-order chi connectivity index (χ0) is 24.5. The molecule has 0 aromatic heterocycles. The fraction of sp³-hybridized carbons (Fsp3) is 0.444. The molecular weight excluding hydrogens is 464 g/mol. The maximum Gasteiger partial charge on any atom is 0.407 e. The molecule has 1 atom stereocenters. The lowest BCUT2D eigenvalue weighted by atomic mass is 9.74. The van der Waals surface area contributed by atoms with Gasteiger partial charge in [-0.1, -0.05) is 55.0 Å². The molecule has 3 N–H and O–H groups in total. The number of alkyl carbamates (subject to hydrolysis) is 1. The molecule has 3 aliphatic rings. The van der Waals surface area contributed by atoms with E-state index in [0.717, 1.165) is 36.8 Å². The summed E-state index contributed by atoms with van der Waals surface area (Å²) in [5.41, 5.74) is 4.08. The van der Waals surface area contributed by atoms with Crippen LogP contribution in [0.3, 0.4) is 0 Å². The molecule has 0 heterocycles. The molecule has 2 aromatic rings. The van der Waals surface area contributed by atoms with Crippen molar-refractivity contribution in [2.45, 2.75) is 31.6 Å². The van der Waals surface area contributed by atoms with Crippen LogP contribution in [0, 0.1) is 10.8 Å². The monoisotopic (exact) mass is 494 g/mol. The summed E-state index contributed by atoms with van der Waals surface area (Å²) in [7, 11) is 0. The van der Waals surface area contributed by atoms with E-state index in [1.165, 1.54) is 22.9 Å². The Morgan fingerprint density at radius 2 is 1.66 bits per heavy atom. The maximum absolute atomic E-state index is 13.1. The smallest absolute Gasteiger partial charge is 0.407 e. The lowest BCUT2D eigenvalue weighted by Crippen LogP contribution is -2.45. The topological polar surface area (TPSA) is 105 Å². The summed E-state index contributed by atoms with van der Waals surface area (Å²) in [6.45, 7) is 0.919. The third-order valence-corrected chi connectivity index (χ3v) is 8.86. The molecule has 0 bridgehead atoms. The van der Waals surface area contributed by atoms with Gasteiger partial charge in [-0.05, 0) is 46.9 Å². The second-order valence-electron chi connectivity index (χ2n) is 9.77. The Labute approximate surface area is 209 Å². The number of carbonyl (C=O) groups is 3. The molecule has 1 unspecified atom stereocenters. The van der Waals surface area contributed by atoms with E-state index < -0.39 is 17.5 Å². The maximum atomic E-state index is 13.1. The quantitative estimate of drug-likeness (QED) is 0.431. The summed E-state index contributed by atoms with van der Waals surface area (Å²) >= 11 is 1.28. The van der Waals surface area contributed by atoms with Crippen LogP contribution in [0.15, 0.2) is 48.5 Å². The number of hydrogen-bond acceptors (Lipinski definition) is 5. The van der Waals surface area contributed by atoms with Crippen LogP contribution < -0.4 is 10.6 Å². The van der Waals surface area contributed by atoms with Gasteiger partial charge in [-0.3, -0.25) is 9.59 Å². The highest BCUT2D eigenvalue weighted by atomic mass is 32.2. The lowest BCUT2D eigenvalue weighted by molar-refractivity contribution is -0.134. The number of thioether (sulfide) groups is 1. The van der Waals surface area contributed by atoms with E-state index in [1.54, 1.807) is 0 Å². The highest BCUT2D eigenvalue weighted by molar-refractivity contribution is 7.99. The average molecular weight is 495 g/mol. The summed E-state index contributed by atoms with van der Waals surface area (Å²) < 4.78 is 5.66. The predicted molar refractivity (Wildman–Crippen MR) is 134 cm³/mol. The van der Waals surface area contributed by atoms with Gasteiger partial charge in [0, 0.05) is 24.8 Å². The van der Waals surface area contributed by atoms with Crippen molar-refractivity contribution in [2.75, 3.05) is 31.2 Å². The van der Waals surface area contributed by atoms with Crippen LogP contribution in [0.2, 0.25) is 0 Å². The molecule has 5 rings (SSSR count). The van der Waals surface area contributed by atoms with Crippen LogP contribution in [0.5, 0.6) is 0 Å². The van der Waals surface area contributed by atoms with Crippen molar-refractivity contribution in [3.8, 4) is 11.1 Å². The minimum atomic E-state index is -0.860. The number of fused-ring (bicyclic) bond motifs is 3. The molecule has 8 heteroatoms. The average Bonchev–Trinajstić information content (AvgIpc) is 3.45. The number of aliphatic carboxylic acids is 1. The number of hydrogen-bond donors (Lipinski definition) is 3. The van der Waals surface area contributed by atoms with Crippen LogP contribution in [-0.4, -0.2) is 54.3 Å². The molecule has 2 fully saturated rings. The van der Waals surface area contributed by atoms with Gasteiger partial charge in [-0.15, -0.1) is 11.8 Å². The molecule has 35 heavy (non-hydrogen) atoms. The van der Waals surface area contributed by atoms with Gasteiger partial charge in [-0.25, -0.2) is 4.79 Å². The molecule has 2 amide bonds. The molecule has 2 saturated carbocycles. The van der Waals surface area contributed by atoms with Crippen molar-refractivity contribution in [1.82, 2.24) is 10.6 Å². The standard InChI is InChI=1S/C27H30N2O5S/c30-23(31)15-35-13-12-28-24(32)27(16-26(27)10-5-11-26)17-29-25(33)34-14-22-20-8-3-1-6-18(20)19-7-2-4-9-21(19)22/h1-4,6-9,22H,5,10-17H2,(H,28,32)(H,29,33)(H,30,31). The van der Waals surface area contributed by atoms with E-state index in [0.29, 0.717) is 12.3 Å². The first kappa shape index (κ1) is 23.7. The Bertz CT molecular complexity index is 1100. The van der Waals surface area contributed by atoms with Crippen LogP contribution >= 0.6 is 11.8 Å². The summed E-state index contributed by atoms with van der Waals surface area (Å²) in [5.74, 6) is -0.352. The lowest BCUT2D eigenvalue weighted by Gasteiger charge is -2.32. The van der Waals surface area contributed by atoms with Gasteiger partial charge in [-0.2, -0.15) is 0 Å². The first-order valence-corrected chi connectivity index (χ1v) is 13.3. The number of rotatable bonds is 10. The molecule has 0 radical (unpaired) electrons. The van der Waals surface area contributed by atoms with Gasteiger partial charge >= 0.3 is 12.1 Å². The van der Waals surface area contributed by atoms with Crippen LogP contribution in [0.1, 0.15) is 42.7 Å². The molecule has 184 valence electrons. The van der Waals surface area contributed by atoms with Gasteiger partial charge in [0.25, 0.3) is 0 Å². The number of benzene rings is 2. The van der Waals surface area contributed by atoms with E-state index in [9.17, 15) is 14.4 Å². The molecule has 3 aliphatic carbocycles. The second kappa shape index (κ2) is 9.57. The molecule has 0 saturated heterocycles. The van der Waals surface area contributed by atoms with E-state index in [2.05, 4.69) is 34.9 Å². The van der Waals surface area contributed by atoms with Crippen molar-refractivity contribution in [2.24, 2.45) is 10.8 Å². The Morgan fingerprint density at radius 1 is 1.00 bits per heavy atom. The number of ether oxygens (including phenoxy) is 1. The summed E-state index contributed by atoms with van der Waals surface area (Å²) in [5, 5.41) is 14.6. The normalized spacial score (nSPS) is 20.9. The van der Waals surface area contributed by atoms with Gasteiger partial charge in [0.1, 0.15) is 6.61 Å². The van der Waals surface area contributed by atoms with Gasteiger partial charge in [0.2, 0.25) is 5.91 Å². The SMILES string of the molecule is O=C(O)CSCCNC(=O)C1(CNC(=O)OCC2c3ccccc3-c3ccccc32)CC12CCC2. The minimum absolute atomic E-state index is 0.00684. The Hall–Kier alpha value is -3.00. The van der Waals surface area contributed by atoms with Crippen molar-refractivity contribution in [3.63, 3.8) is 0 Å². The molecular formula is C27H30N2O5S. The fourth-order valence-electron chi connectivity index (χ4n) is 5.88.